The highest BCUT2D eigenvalue weighted by Crippen LogP contribution is 2.22. The van der Waals surface area contributed by atoms with Gasteiger partial charge in [-0.15, -0.1) is 0 Å². The highest BCUT2D eigenvalue weighted by molar-refractivity contribution is 7.89. The van der Waals surface area contributed by atoms with Gasteiger partial charge in [-0.05, 0) is 30.0 Å². The summed E-state index contributed by atoms with van der Waals surface area (Å²) in [6.07, 6.45) is 3.94. The lowest BCUT2D eigenvalue weighted by atomic mass is 10.2. The molecule has 2 heterocycles. The van der Waals surface area contributed by atoms with Gasteiger partial charge >= 0.3 is 0 Å². The second kappa shape index (κ2) is 6.84. The van der Waals surface area contributed by atoms with Gasteiger partial charge in [-0.25, -0.2) is 8.42 Å². The Kier molecular flexibility index (Phi) is 4.79. The zero-order chi connectivity index (χ0) is 17.2. The van der Waals surface area contributed by atoms with Gasteiger partial charge < -0.3 is 10.6 Å². The number of sulfonamides is 1. The van der Waals surface area contributed by atoms with E-state index in [1.807, 2.05) is 0 Å². The second-order valence-electron chi connectivity index (χ2n) is 5.73. The lowest BCUT2D eigenvalue weighted by molar-refractivity contribution is -0.129. The first-order valence-corrected chi connectivity index (χ1v) is 9.28. The predicted octanol–water partition coefficient (Wildman–Crippen LogP) is 0.417. The van der Waals surface area contributed by atoms with Crippen molar-refractivity contribution in [2.75, 3.05) is 32.7 Å². The molecule has 1 aliphatic heterocycles. The number of nitrogens with two attached hydrogens (primary N) is 1. The minimum Gasteiger partial charge on any atom is -0.340 e. The fourth-order valence-electron chi connectivity index (χ4n) is 2.88. The molecule has 24 heavy (non-hydrogen) atoms. The van der Waals surface area contributed by atoms with E-state index in [1.54, 1.807) is 41.6 Å². The van der Waals surface area contributed by atoms with Crippen molar-refractivity contribution in [3.63, 3.8) is 0 Å². The van der Waals surface area contributed by atoms with Crippen LogP contribution in [0.5, 0.6) is 0 Å². The van der Waals surface area contributed by atoms with Crippen LogP contribution in [-0.4, -0.2) is 61.2 Å². The Morgan fingerprint density at radius 3 is 2.75 bits per heavy atom. The lowest BCUT2D eigenvalue weighted by Gasteiger charge is -2.21. The summed E-state index contributed by atoms with van der Waals surface area (Å²) in [5.74, 6) is -0.146. The topological polar surface area (TPSA) is 96.6 Å². The Hall–Kier alpha value is -2.03. The average molecular weight is 348 g/mol. The summed E-state index contributed by atoms with van der Waals surface area (Å²) in [6.45, 7) is 1.52. The number of carbonyl (C=O) groups is 1. The average Bonchev–Trinajstić information content (AvgIpc) is 2.87. The van der Waals surface area contributed by atoms with Crippen LogP contribution in [0.3, 0.4) is 0 Å². The third kappa shape index (κ3) is 3.26. The van der Waals surface area contributed by atoms with Crippen LogP contribution in [0.15, 0.2) is 41.6 Å². The van der Waals surface area contributed by atoms with Gasteiger partial charge in [0.15, 0.2) is 0 Å². The number of nitrogens with zero attached hydrogens (tertiary/aromatic N) is 3. The summed E-state index contributed by atoms with van der Waals surface area (Å²) in [5, 5.41) is 1.73. The fourth-order valence-corrected chi connectivity index (χ4v) is 4.39. The standard InChI is InChI=1S/C16H20N4O3S/c17-11-16(21)19-6-1-7-20(9-8-19)24(22,23)15-3-2-14-12-18-5-4-13(14)10-15/h2-5,10,12H,1,6-9,11,17H2. The van der Waals surface area contributed by atoms with Crippen LogP contribution in [0.4, 0.5) is 0 Å². The third-order valence-electron chi connectivity index (χ3n) is 4.23. The molecular weight excluding hydrogens is 328 g/mol. The summed E-state index contributed by atoms with van der Waals surface area (Å²) in [5.41, 5.74) is 5.39. The maximum Gasteiger partial charge on any atom is 0.243 e. The third-order valence-corrected chi connectivity index (χ3v) is 6.13. The molecule has 1 aromatic heterocycles. The van der Waals surface area contributed by atoms with E-state index in [2.05, 4.69) is 4.98 Å². The van der Waals surface area contributed by atoms with Gasteiger partial charge in [-0.1, -0.05) is 6.07 Å². The smallest absolute Gasteiger partial charge is 0.243 e. The number of fused-ring (bicyclic) bond motifs is 1. The molecule has 0 bridgehead atoms. The van der Waals surface area contributed by atoms with Crippen molar-refractivity contribution < 1.29 is 13.2 Å². The second-order valence-corrected chi connectivity index (χ2v) is 7.67. The van der Waals surface area contributed by atoms with Gasteiger partial charge in [-0.2, -0.15) is 4.31 Å². The van der Waals surface area contributed by atoms with Crippen LogP contribution < -0.4 is 5.73 Å². The quantitative estimate of drug-likeness (QED) is 0.867. The number of aromatic nitrogens is 1. The zero-order valence-corrected chi connectivity index (χ0v) is 14.1. The number of benzene rings is 1. The molecule has 0 radical (unpaired) electrons. The van der Waals surface area contributed by atoms with Gasteiger partial charge in [0.25, 0.3) is 0 Å². The van der Waals surface area contributed by atoms with E-state index < -0.39 is 10.0 Å². The molecule has 1 aliphatic rings. The first-order valence-electron chi connectivity index (χ1n) is 7.84. The number of rotatable bonds is 3. The van der Waals surface area contributed by atoms with E-state index in [4.69, 9.17) is 5.73 Å². The molecule has 0 aliphatic carbocycles. The van der Waals surface area contributed by atoms with Crippen molar-refractivity contribution in [3.05, 3.63) is 36.7 Å². The number of hydrogen-bond donors (Lipinski definition) is 1. The molecule has 0 unspecified atom stereocenters. The monoisotopic (exact) mass is 348 g/mol. The molecule has 1 saturated heterocycles. The van der Waals surface area contributed by atoms with Gasteiger partial charge in [0.1, 0.15) is 0 Å². The molecule has 3 rings (SSSR count). The van der Waals surface area contributed by atoms with Gasteiger partial charge in [0.2, 0.25) is 15.9 Å². The normalized spacial score (nSPS) is 17.0. The predicted molar refractivity (Wildman–Crippen MR) is 90.8 cm³/mol. The molecule has 1 fully saturated rings. The van der Waals surface area contributed by atoms with E-state index in [0.29, 0.717) is 26.1 Å². The van der Waals surface area contributed by atoms with E-state index in [-0.39, 0.29) is 23.9 Å². The van der Waals surface area contributed by atoms with E-state index in [1.165, 1.54) is 4.31 Å². The van der Waals surface area contributed by atoms with Gasteiger partial charge in [0.05, 0.1) is 11.4 Å². The molecular formula is C16H20N4O3S. The van der Waals surface area contributed by atoms with E-state index >= 15 is 0 Å². The minimum absolute atomic E-state index is 0.0501. The molecule has 2 N–H and O–H groups in total. The summed E-state index contributed by atoms with van der Waals surface area (Å²) in [7, 11) is -3.59. The largest absolute Gasteiger partial charge is 0.340 e. The Bertz CT molecular complexity index is 853. The van der Waals surface area contributed by atoms with Crippen molar-refractivity contribution in [3.8, 4) is 0 Å². The Morgan fingerprint density at radius 1 is 1.12 bits per heavy atom. The van der Waals surface area contributed by atoms with Crippen LogP contribution in [0.1, 0.15) is 6.42 Å². The van der Waals surface area contributed by atoms with E-state index in [9.17, 15) is 13.2 Å². The summed E-state index contributed by atoms with van der Waals surface area (Å²) in [6, 6.07) is 6.82. The summed E-state index contributed by atoms with van der Waals surface area (Å²) >= 11 is 0. The van der Waals surface area contributed by atoms with Gasteiger partial charge in [0, 0.05) is 44.0 Å². The summed E-state index contributed by atoms with van der Waals surface area (Å²) < 4.78 is 27.3. The molecule has 0 saturated carbocycles. The highest BCUT2D eigenvalue weighted by atomic mass is 32.2. The number of pyridine rings is 1. The number of amides is 1. The van der Waals surface area contributed by atoms with Crippen LogP contribution in [0, 0.1) is 0 Å². The van der Waals surface area contributed by atoms with Crippen LogP contribution in [-0.2, 0) is 14.8 Å². The number of carbonyl (C=O) groups excluding carboxylic acids is 1. The Balaban J connectivity index is 1.85. The van der Waals surface area contributed by atoms with Gasteiger partial charge in [-0.3, -0.25) is 9.78 Å². The van der Waals surface area contributed by atoms with Crippen LogP contribution in [0.25, 0.3) is 10.8 Å². The zero-order valence-electron chi connectivity index (χ0n) is 13.3. The van der Waals surface area contributed by atoms with Crippen molar-refractivity contribution >= 4 is 26.7 Å². The molecule has 2 aromatic rings. The first-order chi connectivity index (χ1) is 11.5. The molecule has 0 spiro atoms. The molecule has 1 amide bonds. The minimum atomic E-state index is -3.59. The van der Waals surface area contributed by atoms with Crippen molar-refractivity contribution in [1.29, 1.82) is 0 Å². The maximum absolute atomic E-state index is 12.9. The molecule has 128 valence electrons. The molecule has 1 aromatic carbocycles. The van der Waals surface area contributed by atoms with Crippen LogP contribution >= 0.6 is 0 Å². The van der Waals surface area contributed by atoms with Crippen molar-refractivity contribution in [1.82, 2.24) is 14.2 Å². The highest BCUT2D eigenvalue weighted by Gasteiger charge is 2.28. The fraction of sp³-hybridized carbons (Fsp3) is 0.375. The summed E-state index contributed by atoms with van der Waals surface area (Å²) in [4.78, 5) is 17.6. The maximum atomic E-state index is 12.9. The molecule has 7 nitrogen and oxygen atoms in total. The molecule has 8 heteroatoms. The van der Waals surface area contributed by atoms with E-state index in [0.717, 1.165) is 10.8 Å². The van der Waals surface area contributed by atoms with Crippen LogP contribution in [0.2, 0.25) is 0 Å². The van der Waals surface area contributed by atoms with Crippen molar-refractivity contribution in [2.45, 2.75) is 11.3 Å². The first kappa shape index (κ1) is 16.8. The Labute approximate surface area is 141 Å². The number of hydrogen-bond acceptors (Lipinski definition) is 5. The Morgan fingerprint density at radius 2 is 1.96 bits per heavy atom. The lowest BCUT2D eigenvalue weighted by Crippen LogP contribution is -2.39. The van der Waals surface area contributed by atoms with Crippen molar-refractivity contribution in [2.24, 2.45) is 5.73 Å². The molecule has 0 atom stereocenters. The SMILES string of the molecule is NCC(=O)N1CCCN(S(=O)(=O)c2ccc3cnccc3c2)CC1.